The maximum atomic E-state index is 11.5. The normalized spacial score (nSPS) is 16.7. The summed E-state index contributed by atoms with van der Waals surface area (Å²) in [5.74, 6) is 0.297. The van der Waals surface area contributed by atoms with E-state index in [1.54, 1.807) is 23.7 Å². The maximum absolute atomic E-state index is 11.5. The van der Waals surface area contributed by atoms with Crippen LogP contribution in [-0.4, -0.2) is 17.2 Å². The first-order chi connectivity index (χ1) is 10.7. The molecular formula is C17H16ClNO3. The van der Waals surface area contributed by atoms with E-state index in [0.717, 1.165) is 30.6 Å². The molecule has 2 N–H and O–H groups in total. The van der Waals surface area contributed by atoms with Gasteiger partial charge in [0.05, 0.1) is 0 Å². The van der Waals surface area contributed by atoms with E-state index in [1.807, 2.05) is 24.3 Å². The fraction of sp³-hybridized carbons (Fsp3) is 0.235. The van der Waals surface area contributed by atoms with Gasteiger partial charge in [-0.05, 0) is 60.4 Å². The van der Waals surface area contributed by atoms with Gasteiger partial charge in [0, 0.05) is 17.0 Å². The van der Waals surface area contributed by atoms with Gasteiger partial charge in [-0.3, -0.25) is 10.0 Å². The molecule has 0 spiro atoms. The average Bonchev–Trinajstić information content (AvgIpc) is 2.55. The van der Waals surface area contributed by atoms with E-state index in [2.05, 4.69) is 0 Å². The minimum atomic E-state index is -0.497. The number of hydrogen-bond donors (Lipinski definition) is 2. The van der Waals surface area contributed by atoms with E-state index in [0.29, 0.717) is 10.6 Å². The number of carbonyl (C=O) groups excluding carboxylic acids is 1. The van der Waals surface area contributed by atoms with E-state index in [1.165, 1.54) is 5.56 Å². The third-order valence-electron chi connectivity index (χ3n) is 3.87. The van der Waals surface area contributed by atoms with Gasteiger partial charge in [-0.2, -0.15) is 0 Å². The van der Waals surface area contributed by atoms with Crippen molar-refractivity contribution in [3.8, 4) is 5.75 Å². The predicted molar refractivity (Wildman–Crippen MR) is 83.6 cm³/mol. The van der Waals surface area contributed by atoms with E-state index in [4.69, 9.17) is 21.5 Å². The third kappa shape index (κ3) is 3.24. The van der Waals surface area contributed by atoms with Crippen molar-refractivity contribution in [1.82, 2.24) is 5.48 Å². The van der Waals surface area contributed by atoms with Crippen LogP contribution < -0.4 is 10.2 Å². The van der Waals surface area contributed by atoms with Crippen LogP contribution in [0.2, 0.25) is 5.02 Å². The van der Waals surface area contributed by atoms with Crippen molar-refractivity contribution in [3.05, 3.63) is 64.2 Å². The minimum Gasteiger partial charge on any atom is -0.490 e. The predicted octanol–water partition coefficient (Wildman–Crippen LogP) is 3.40. The molecule has 4 nitrogen and oxygen atoms in total. The summed E-state index contributed by atoms with van der Waals surface area (Å²) < 4.78 is 5.99. The van der Waals surface area contributed by atoms with Crippen molar-refractivity contribution in [2.24, 2.45) is 0 Å². The van der Waals surface area contributed by atoms with E-state index in [9.17, 15) is 4.79 Å². The molecule has 1 atom stereocenters. The Kier molecular flexibility index (Phi) is 4.32. The highest BCUT2D eigenvalue weighted by Gasteiger charge is 2.21. The lowest BCUT2D eigenvalue weighted by Crippen LogP contribution is -2.26. The number of rotatable bonds is 3. The number of aryl methyl sites for hydroxylation is 1. The molecular weight excluding hydrogens is 302 g/mol. The Hall–Kier alpha value is -2.04. The molecule has 0 heterocycles. The van der Waals surface area contributed by atoms with Crippen LogP contribution in [0.3, 0.4) is 0 Å². The van der Waals surface area contributed by atoms with E-state index < -0.39 is 5.91 Å². The number of halogens is 1. The quantitative estimate of drug-likeness (QED) is 0.674. The summed E-state index contributed by atoms with van der Waals surface area (Å²) in [7, 11) is 0. The topological polar surface area (TPSA) is 58.6 Å². The second-order valence-corrected chi connectivity index (χ2v) is 5.80. The van der Waals surface area contributed by atoms with Gasteiger partial charge in [0.2, 0.25) is 0 Å². The zero-order valence-electron chi connectivity index (χ0n) is 11.9. The first-order valence-electron chi connectivity index (χ1n) is 7.14. The minimum absolute atomic E-state index is 0.0705. The number of hydrogen-bond acceptors (Lipinski definition) is 3. The maximum Gasteiger partial charge on any atom is 0.274 e. The Morgan fingerprint density at radius 2 is 1.95 bits per heavy atom. The van der Waals surface area contributed by atoms with Gasteiger partial charge in [0.25, 0.3) is 5.91 Å². The van der Waals surface area contributed by atoms with Crippen LogP contribution in [-0.2, 0) is 12.8 Å². The summed E-state index contributed by atoms with van der Waals surface area (Å²) in [6.45, 7) is 0. The molecule has 3 rings (SSSR count). The molecule has 1 amide bonds. The number of nitrogens with one attached hydrogen (secondary N) is 1. The molecule has 2 aromatic rings. The monoisotopic (exact) mass is 317 g/mol. The largest absolute Gasteiger partial charge is 0.490 e. The third-order valence-corrected chi connectivity index (χ3v) is 4.12. The number of ether oxygens (including phenoxy) is 1. The molecule has 0 aromatic heterocycles. The molecule has 0 saturated heterocycles. The number of hydroxylamine groups is 1. The van der Waals surface area contributed by atoms with Crippen LogP contribution in [0.15, 0.2) is 42.5 Å². The van der Waals surface area contributed by atoms with Crippen molar-refractivity contribution in [2.45, 2.75) is 25.4 Å². The highest BCUT2D eigenvalue weighted by Crippen LogP contribution is 2.26. The zero-order chi connectivity index (χ0) is 15.5. The summed E-state index contributed by atoms with van der Waals surface area (Å²) in [5, 5.41) is 9.41. The van der Waals surface area contributed by atoms with Crippen LogP contribution in [0.5, 0.6) is 5.75 Å². The highest BCUT2D eigenvalue weighted by atomic mass is 35.5. The molecule has 1 unspecified atom stereocenters. The second-order valence-electron chi connectivity index (χ2n) is 5.36. The van der Waals surface area contributed by atoms with Crippen LogP contribution in [0.25, 0.3) is 0 Å². The molecule has 0 bridgehead atoms. The van der Waals surface area contributed by atoms with E-state index >= 15 is 0 Å². The van der Waals surface area contributed by atoms with Gasteiger partial charge in [-0.1, -0.05) is 17.7 Å². The van der Waals surface area contributed by atoms with Crippen LogP contribution in [0.4, 0.5) is 0 Å². The van der Waals surface area contributed by atoms with Gasteiger partial charge < -0.3 is 4.74 Å². The molecule has 1 aliphatic carbocycles. The van der Waals surface area contributed by atoms with Crippen LogP contribution in [0.1, 0.15) is 27.9 Å². The van der Waals surface area contributed by atoms with Gasteiger partial charge in [-0.15, -0.1) is 0 Å². The summed E-state index contributed by atoms with van der Waals surface area (Å²) in [6, 6.07) is 12.8. The number of benzene rings is 2. The highest BCUT2D eigenvalue weighted by molar-refractivity contribution is 6.30. The lowest BCUT2D eigenvalue weighted by molar-refractivity contribution is 0.0706. The Morgan fingerprint density at radius 3 is 2.68 bits per heavy atom. The molecule has 114 valence electrons. The Balaban J connectivity index is 1.74. The molecule has 0 fully saturated rings. The summed E-state index contributed by atoms with van der Waals surface area (Å²) in [5.41, 5.74) is 4.43. The molecule has 2 aromatic carbocycles. The Labute approximate surface area is 133 Å². The van der Waals surface area contributed by atoms with Gasteiger partial charge >= 0.3 is 0 Å². The van der Waals surface area contributed by atoms with Gasteiger partial charge in [0.15, 0.2) is 0 Å². The van der Waals surface area contributed by atoms with Crippen molar-refractivity contribution >= 4 is 17.5 Å². The molecule has 0 radical (unpaired) electrons. The standard InChI is InChI=1S/C17H16ClNO3/c18-14-4-7-15(8-5-14)22-16-6-3-11-1-2-12(17(20)19-21)9-13(11)10-16/h1-2,4-5,7-9,16,21H,3,6,10H2,(H,19,20). The smallest absolute Gasteiger partial charge is 0.274 e. The van der Waals surface area contributed by atoms with Crippen molar-refractivity contribution in [2.75, 3.05) is 0 Å². The van der Waals surface area contributed by atoms with Crippen LogP contribution in [0, 0.1) is 0 Å². The Morgan fingerprint density at radius 1 is 1.18 bits per heavy atom. The van der Waals surface area contributed by atoms with Crippen LogP contribution >= 0.6 is 11.6 Å². The number of fused-ring (bicyclic) bond motifs is 1. The first-order valence-corrected chi connectivity index (χ1v) is 7.52. The SMILES string of the molecule is O=C(NO)c1ccc2c(c1)CC(Oc1ccc(Cl)cc1)CC2. The van der Waals surface area contributed by atoms with Crippen molar-refractivity contribution in [1.29, 1.82) is 0 Å². The fourth-order valence-corrected chi connectivity index (χ4v) is 2.86. The second kappa shape index (κ2) is 6.38. The summed E-state index contributed by atoms with van der Waals surface area (Å²) in [4.78, 5) is 11.5. The number of carbonyl (C=O) groups is 1. The summed E-state index contributed by atoms with van der Waals surface area (Å²) >= 11 is 5.87. The summed E-state index contributed by atoms with van der Waals surface area (Å²) in [6.07, 6.45) is 2.65. The van der Waals surface area contributed by atoms with E-state index in [-0.39, 0.29) is 6.10 Å². The number of amides is 1. The average molecular weight is 318 g/mol. The van der Waals surface area contributed by atoms with Gasteiger partial charge in [-0.25, -0.2) is 5.48 Å². The molecule has 0 saturated carbocycles. The lowest BCUT2D eigenvalue weighted by atomic mass is 9.88. The fourth-order valence-electron chi connectivity index (χ4n) is 2.74. The van der Waals surface area contributed by atoms with Crippen molar-refractivity contribution in [3.63, 3.8) is 0 Å². The first kappa shape index (κ1) is 14.9. The van der Waals surface area contributed by atoms with Crippen molar-refractivity contribution < 1.29 is 14.7 Å². The molecule has 0 aliphatic heterocycles. The Bertz CT molecular complexity index is 685. The lowest BCUT2D eigenvalue weighted by Gasteiger charge is -2.26. The molecule has 1 aliphatic rings. The molecule has 22 heavy (non-hydrogen) atoms. The molecule has 5 heteroatoms. The van der Waals surface area contributed by atoms with Gasteiger partial charge in [0.1, 0.15) is 11.9 Å². The zero-order valence-corrected chi connectivity index (χ0v) is 12.6.